The second-order valence-electron chi connectivity index (χ2n) is 5.57. The summed E-state index contributed by atoms with van der Waals surface area (Å²) in [5.74, 6) is 0.368. The minimum Gasteiger partial charge on any atom is -0.485 e. The van der Waals surface area contributed by atoms with Crippen LogP contribution in [-0.2, 0) is 0 Å². The highest BCUT2D eigenvalue weighted by molar-refractivity contribution is 6.39. The maximum Gasteiger partial charge on any atom is 0.128 e. The van der Waals surface area contributed by atoms with Crippen LogP contribution in [0.4, 0.5) is 10.1 Å². The molecule has 0 amide bonds. The van der Waals surface area contributed by atoms with Crippen LogP contribution >= 0.6 is 23.2 Å². The van der Waals surface area contributed by atoms with Crippen LogP contribution in [0, 0.1) is 5.82 Å². The summed E-state index contributed by atoms with van der Waals surface area (Å²) < 4.78 is 19.3. The minimum absolute atomic E-state index is 0.130. The van der Waals surface area contributed by atoms with E-state index in [-0.39, 0.29) is 16.1 Å². The Bertz CT molecular complexity index is 679. The molecule has 0 fully saturated rings. The summed E-state index contributed by atoms with van der Waals surface area (Å²) in [6.07, 6.45) is 0. The fourth-order valence-electron chi connectivity index (χ4n) is 2.60. The highest BCUT2D eigenvalue weighted by Gasteiger charge is 2.41. The number of rotatable bonds is 2. The van der Waals surface area contributed by atoms with E-state index in [1.54, 1.807) is 0 Å². The number of hydrogen-bond acceptors (Lipinski definition) is 2. The number of para-hydroxylation sites is 1. The zero-order chi connectivity index (χ0) is 15.2. The molecule has 2 aromatic rings. The van der Waals surface area contributed by atoms with Crippen LogP contribution in [0.3, 0.4) is 0 Å². The summed E-state index contributed by atoms with van der Waals surface area (Å²) in [5, 5.41) is 3.80. The van der Waals surface area contributed by atoms with E-state index in [1.165, 1.54) is 12.1 Å². The van der Waals surface area contributed by atoms with Gasteiger partial charge in [-0.05, 0) is 32.0 Å². The predicted molar refractivity (Wildman–Crippen MR) is 83.9 cm³/mol. The van der Waals surface area contributed by atoms with Crippen molar-refractivity contribution in [1.29, 1.82) is 0 Å². The van der Waals surface area contributed by atoms with E-state index in [4.69, 9.17) is 27.9 Å². The van der Waals surface area contributed by atoms with Crippen LogP contribution in [0.15, 0.2) is 36.4 Å². The Morgan fingerprint density at radius 3 is 2.43 bits per heavy atom. The Hall–Kier alpha value is -1.45. The van der Waals surface area contributed by atoms with E-state index in [2.05, 4.69) is 5.32 Å². The molecule has 110 valence electrons. The van der Waals surface area contributed by atoms with Crippen LogP contribution in [0.1, 0.15) is 25.5 Å². The average Bonchev–Trinajstić information content (AvgIpc) is 2.63. The molecule has 1 unspecified atom stereocenters. The fraction of sp³-hybridized carbons (Fsp3) is 0.250. The molecular formula is C16H14Cl2FNO. The maximum absolute atomic E-state index is 13.3. The molecule has 0 spiro atoms. The third-order valence-electron chi connectivity index (χ3n) is 3.59. The lowest BCUT2D eigenvalue weighted by atomic mass is 9.94. The van der Waals surface area contributed by atoms with Crippen molar-refractivity contribution in [3.8, 4) is 5.75 Å². The smallest absolute Gasteiger partial charge is 0.128 e. The van der Waals surface area contributed by atoms with Gasteiger partial charge in [-0.1, -0.05) is 41.4 Å². The average molecular weight is 326 g/mol. The quantitative estimate of drug-likeness (QED) is 0.791. The summed E-state index contributed by atoms with van der Waals surface area (Å²) in [6.45, 7) is 3.96. The molecule has 5 heteroatoms. The van der Waals surface area contributed by atoms with E-state index in [0.717, 1.165) is 11.3 Å². The van der Waals surface area contributed by atoms with Crippen LogP contribution in [0.2, 0.25) is 10.0 Å². The van der Waals surface area contributed by atoms with Gasteiger partial charge in [-0.3, -0.25) is 0 Å². The molecule has 2 aromatic carbocycles. The van der Waals surface area contributed by atoms with Crippen molar-refractivity contribution in [2.24, 2.45) is 0 Å². The third kappa shape index (κ3) is 2.56. The molecule has 0 aliphatic carbocycles. The lowest BCUT2D eigenvalue weighted by molar-refractivity contribution is 0.118. The third-order valence-corrected chi connectivity index (χ3v) is 4.19. The van der Waals surface area contributed by atoms with Gasteiger partial charge in [-0.2, -0.15) is 0 Å². The fourth-order valence-corrected chi connectivity index (χ4v) is 3.17. The van der Waals surface area contributed by atoms with Crippen LogP contribution in [0.5, 0.6) is 5.75 Å². The van der Waals surface area contributed by atoms with Gasteiger partial charge in [0, 0.05) is 5.56 Å². The molecule has 0 aromatic heterocycles. The summed E-state index contributed by atoms with van der Waals surface area (Å²) >= 11 is 12.2. The first-order valence-corrected chi connectivity index (χ1v) is 7.33. The maximum atomic E-state index is 13.3. The van der Waals surface area contributed by atoms with Gasteiger partial charge in [-0.25, -0.2) is 4.39 Å². The summed E-state index contributed by atoms with van der Waals surface area (Å²) in [7, 11) is 0. The van der Waals surface area contributed by atoms with Crippen molar-refractivity contribution in [1.82, 2.24) is 0 Å². The second-order valence-corrected chi connectivity index (χ2v) is 6.38. The van der Waals surface area contributed by atoms with E-state index in [0.29, 0.717) is 5.69 Å². The number of halogens is 3. The van der Waals surface area contributed by atoms with Crippen molar-refractivity contribution in [3.63, 3.8) is 0 Å². The van der Waals surface area contributed by atoms with Crippen LogP contribution < -0.4 is 10.1 Å². The SMILES string of the molecule is CC1(C)Oc2ccccc2C1Nc1c(Cl)cc(F)cc1Cl. The summed E-state index contributed by atoms with van der Waals surface area (Å²) in [4.78, 5) is 0. The first-order valence-electron chi connectivity index (χ1n) is 6.57. The van der Waals surface area contributed by atoms with Crippen LogP contribution in [0.25, 0.3) is 0 Å². The predicted octanol–water partition coefficient (Wildman–Crippen LogP) is 5.46. The molecule has 0 bridgehead atoms. The number of hydrogen-bond donors (Lipinski definition) is 1. The first-order chi connectivity index (χ1) is 9.88. The topological polar surface area (TPSA) is 21.3 Å². The number of anilines is 1. The van der Waals surface area contributed by atoms with Crippen molar-refractivity contribution in [3.05, 3.63) is 57.8 Å². The normalized spacial score (nSPS) is 19.0. The highest BCUT2D eigenvalue weighted by Crippen LogP contribution is 2.46. The molecule has 0 saturated heterocycles. The molecule has 1 N–H and O–H groups in total. The van der Waals surface area contributed by atoms with E-state index in [9.17, 15) is 4.39 Å². The van der Waals surface area contributed by atoms with Crippen molar-refractivity contribution >= 4 is 28.9 Å². The molecule has 1 aliphatic heterocycles. The molecule has 3 rings (SSSR count). The first kappa shape index (κ1) is 14.5. The minimum atomic E-state index is -0.468. The van der Waals surface area contributed by atoms with Gasteiger partial charge in [0.25, 0.3) is 0 Å². The molecule has 21 heavy (non-hydrogen) atoms. The zero-order valence-corrected chi connectivity index (χ0v) is 13.1. The lowest BCUT2D eigenvalue weighted by Gasteiger charge is -2.28. The Balaban J connectivity index is 2.02. The second kappa shape index (κ2) is 5.08. The zero-order valence-electron chi connectivity index (χ0n) is 11.6. The molecular weight excluding hydrogens is 312 g/mol. The molecule has 0 saturated carbocycles. The van der Waals surface area contributed by atoms with E-state index >= 15 is 0 Å². The largest absolute Gasteiger partial charge is 0.485 e. The van der Waals surface area contributed by atoms with Crippen molar-refractivity contribution < 1.29 is 9.13 Å². The van der Waals surface area contributed by atoms with E-state index in [1.807, 2.05) is 38.1 Å². The van der Waals surface area contributed by atoms with Gasteiger partial charge in [0.1, 0.15) is 17.2 Å². The molecule has 1 atom stereocenters. The summed E-state index contributed by atoms with van der Waals surface area (Å²) in [6, 6.07) is 10.1. The molecule has 1 aliphatic rings. The standard InChI is InChI=1S/C16H14Cl2FNO/c1-16(2)15(10-5-3-4-6-13(10)21-16)20-14-11(17)7-9(19)8-12(14)18/h3-8,15,20H,1-2H3. The van der Waals surface area contributed by atoms with Gasteiger partial charge in [-0.15, -0.1) is 0 Å². The Kier molecular flexibility index (Phi) is 3.50. The van der Waals surface area contributed by atoms with E-state index < -0.39 is 11.4 Å². The lowest BCUT2D eigenvalue weighted by Crippen LogP contribution is -2.34. The Morgan fingerprint density at radius 2 is 1.76 bits per heavy atom. The van der Waals surface area contributed by atoms with Crippen molar-refractivity contribution in [2.75, 3.05) is 5.32 Å². The molecule has 2 nitrogen and oxygen atoms in total. The van der Waals surface area contributed by atoms with Crippen LogP contribution in [-0.4, -0.2) is 5.60 Å². The Labute approximate surface area is 132 Å². The van der Waals surface area contributed by atoms with Gasteiger partial charge in [0.15, 0.2) is 0 Å². The molecule has 1 heterocycles. The molecule has 0 radical (unpaired) electrons. The van der Waals surface area contributed by atoms with Gasteiger partial charge >= 0.3 is 0 Å². The van der Waals surface area contributed by atoms with Crippen molar-refractivity contribution in [2.45, 2.75) is 25.5 Å². The number of nitrogens with one attached hydrogen (secondary N) is 1. The summed E-state index contributed by atoms with van der Waals surface area (Å²) in [5.41, 5.74) is 1.07. The number of benzene rings is 2. The number of fused-ring (bicyclic) bond motifs is 1. The monoisotopic (exact) mass is 325 g/mol. The Morgan fingerprint density at radius 1 is 1.14 bits per heavy atom. The van der Waals surface area contributed by atoms with Gasteiger partial charge in [0.2, 0.25) is 0 Å². The van der Waals surface area contributed by atoms with Gasteiger partial charge < -0.3 is 10.1 Å². The highest BCUT2D eigenvalue weighted by atomic mass is 35.5. The number of ether oxygens (including phenoxy) is 1. The van der Waals surface area contributed by atoms with Gasteiger partial charge in [0.05, 0.1) is 21.8 Å².